The molecule has 0 aliphatic heterocycles. The lowest BCUT2D eigenvalue weighted by molar-refractivity contribution is -0.138. The van der Waals surface area contributed by atoms with Crippen LogP contribution in [0.15, 0.2) is 11.1 Å². The van der Waals surface area contributed by atoms with E-state index in [-0.39, 0.29) is 5.92 Å². The lowest BCUT2D eigenvalue weighted by atomic mass is 10.2. The predicted molar refractivity (Wildman–Crippen MR) is 38.7 cm³/mol. The van der Waals surface area contributed by atoms with Gasteiger partial charge in [-0.15, -0.1) is 0 Å². The monoisotopic (exact) mass is 140 g/mol. The molecule has 0 aromatic rings. The molecule has 56 valence electrons. The summed E-state index contributed by atoms with van der Waals surface area (Å²) >= 11 is 0. The maximum Gasteiger partial charge on any atom is 0.314 e. The fourth-order valence-corrected chi connectivity index (χ4v) is 1.48. The Morgan fingerprint density at radius 3 is 1.90 bits per heavy atom. The van der Waals surface area contributed by atoms with Crippen molar-refractivity contribution in [1.29, 1.82) is 0 Å². The normalized spacial score (nSPS) is 17.8. The molecule has 0 amide bonds. The first-order chi connectivity index (χ1) is 4.72. The summed E-state index contributed by atoms with van der Waals surface area (Å²) in [6, 6.07) is 0. The van der Waals surface area contributed by atoms with E-state index >= 15 is 0 Å². The number of hydrogen-bond donors (Lipinski definition) is 1. The van der Waals surface area contributed by atoms with E-state index in [9.17, 15) is 4.79 Å². The van der Waals surface area contributed by atoms with Crippen molar-refractivity contribution in [2.75, 3.05) is 0 Å². The minimum Gasteiger partial charge on any atom is -0.481 e. The second kappa shape index (κ2) is 2.45. The topological polar surface area (TPSA) is 37.3 Å². The zero-order valence-corrected chi connectivity index (χ0v) is 6.35. The van der Waals surface area contributed by atoms with Crippen LogP contribution in [0.5, 0.6) is 0 Å². The van der Waals surface area contributed by atoms with E-state index in [4.69, 9.17) is 5.11 Å². The maximum absolute atomic E-state index is 10.5. The molecule has 0 aromatic carbocycles. The summed E-state index contributed by atoms with van der Waals surface area (Å²) < 4.78 is 0. The lowest BCUT2D eigenvalue weighted by Crippen LogP contribution is -2.01. The van der Waals surface area contributed by atoms with Crippen molar-refractivity contribution in [2.45, 2.75) is 26.7 Å². The minimum atomic E-state index is -0.672. The van der Waals surface area contributed by atoms with Crippen LogP contribution >= 0.6 is 0 Å². The molecule has 0 saturated heterocycles. The van der Waals surface area contributed by atoms with Crippen molar-refractivity contribution in [3.8, 4) is 0 Å². The number of carbonyl (C=O) groups is 1. The van der Waals surface area contributed by atoms with Gasteiger partial charge >= 0.3 is 5.97 Å². The average molecular weight is 140 g/mol. The van der Waals surface area contributed by atoms with Crippen LogP contribution in [0.2, 0.25) is 0 Å². The summed E-state index contributed by atoms with van der Waals surface area (Å²) in [5.41, 5.74) is 2.30. The third-order valence-corrected chi connectivity index (χ3v) is 2.03. The average Bonchev–Trinajstić information content (AvgIpc) is 2.60. The summed E-state index contributed by atoms with van der Waals surface area (Å²) in [6.07, 6.45) is 1.81. The molecule has 0 atom stereocenters. The molecule has 2 nitrogen and oxygen atoms in total. The van der Waals surface area contributed by atoms with Crippen LogP contribution in [-0.4, -0.2) is 11.1 Å². The van der Waals surface area contributed by atoms with Gasteiger partial charge in [-0.2, -0.15) is 0 Å². The molecule has 10 heavy (non-hydrogen) atoms. The quantitative estimate of drug-likeness (QED) is 0.607. The van der Waals surface area contributed by atoms with Crippen LogP contribution < -0.4 is 0 Å². The molecule has 1 N–H and O–H groups in total. The smallest absolute Gasteiger partial charge is 0.314 e. The first-order valence-electron chi connectivity index (χ1n) is 3.67. The number of hydrogen-bond acceptors (Lipinski definition) is 1. The standard InChI is InChI=1S/C8H12O2/c1-3-5-6(4-2)7(5)8(9)10/h7H,3-4H2,1-2H3,(H,9,10). The van der Waals surface area contributed by atoms with Gasteiger partial charge in [0.25, 0.3) is 0 Å². The van der Waals surface area contributed by atoms with Crippen LogP contribution in [0.25, 0.3) is 0 Å². The van der Waals surface area contributed by atoms with E-state index in [1.54, 1.807) is 0 Å². The van der Waals surface area contributed by atoms with Gasteiger partial charge in [-0.25, -0.2) is 0 Å². The highest BCUT2D eigenvalue weighted by atomic mass is 16.4. The molecule has 2 heteroatoms. The summed E-state index contributed by atoms with van der Waals surface area (Å²) in [5, 5.41) is 8.61. The molecule has 0 saturated carbocycles. The first-order valence-corrected chi connectivity index (χ1v) is 3.67. The Hall–Kier alpha value is -0.790. The number of carboxylic acid groups (broad SMARTS) is 1. The zero-order chi connectivity index (χ0) is 7.72. The van der Waals surface area contributed by atoms with Gasteiger partial charge in [-0.05, 0) is 12.8 Å². The molecule has 0 aromatic heterocycles. The van der Waals surface area contributed by atoms with E-state index in [0.717, 1.165) is 24.0 Å². The predicted octanol–water partition coefficient (Wildman–Crippen LogP) is 1.82. The van der Waals surface area contributed by atoms with Crippen LogP contribution in [0.4, 0.5) is 0 Å². The molecule has 0 bridgehead atoms. The van der Waals surface area contributed by atoms with Gasteiger partial charge in [0.05, 0.1) is 5.92 Å². The van der Waals surface area contributed by atoms with Crippen LogP contribution in [0, 0.1) is 5.92 Å². The Morgan fingerprint density at radius 1 is 1.40 bits per heavy atom. The fraction of sp³-hybridized carbons (Fsp3) is 0.625. The third-order valence-electron chi connectivity index (χ3n) is 2.03. The van der Waals surface area contributed by atoms with Crippen molar-refractivity contribution in [3.05, 3.63) is 11.1 Å². The van der Waals surface area contributed by atoms with Gasteiger partial charge in [-0.3, -0.25) is 4.79 Å². The first kappa shape index (κ1) is 7.32. The number of carboxylic acids is 1. The fourth-order valence-electron chi connectivity index (χ4n) is 1.48. The molecular formula is C8H12O2. The Labute approximate surface area is 60.6 Å². The summed E-state index contributed by atoms with van der Waals surface area (Å²) in [4.78, 5) is 10.5. The van der Waals surface area contributed by atoms with Crippen molar-refractivity contribution in [2.24, 2.45) is 5.92 Å². The zero-order valence-electron chi connectivity index (χ0n) is 6.35. The molecule has 0 fully saturated rings. The maximum atomic E-state index is 10.5. The van der Waals surface area contributed by atoms with E-state index in [1.807, 2.05) is 13.8 Å². The second-order valence-corrected chi connectivity index (χ2v) is 2.53. The largest absolute Gasteiger partial charge is 0.481 e. The van der Waals surface area contributed by atoms with Crippen LogP contribution in [-0.2, 0) is 4.79 Å². The SMILES string of the molecule is CCC1=C(CC)C1C(=O)O. The lowest BCUT2D eigenvalue weighted by Gasteiger charge is -1.88. The van der Waals surface area contributed by atoms with E-state index in [0.29, 0.717) is 0 Å². The van der Waals surface area contributed by atoms with Crippen molar-refractivity contribution in [1.82, 2.24) is 0 Å². The van der Waals surface area contributed by atoms with Gasteiger partial charge in [0, 0.05) is 0 Å². The molecule has 0 unspecified atom stereocenters. The van der Waals surface area contributed by atoms with Crippen molar-refractivity contribution in [3.63, 3.8) is 0 Å². The Kier molecular flexibility index (Phi) is 1.79. The Morgan fingerprint density at radius 2 is 1.80 bits per heavy atom. The molecule has 0 spiro atoms. The Bertz CT molecular complexity index is 177. The van der Waals surface area contributed by atoms with Crippen LogP contribution in [0.3, 0.4) is 0 Å². The molecule has 1 aliphatic carbocycles. The number of aliphatic carboxylic acids is 1. The summed E-state index contributed by atoms with van der Waals surface area (Å²) in [6.45, 7) is 4.02. The summed E-state index contributed by atoms with van der Waals surface area (Å²) in [7, 11) is 0. The highest BCUT2D eigenvalue weighted by Crippen LogP contribution is 2.43. The summed E-state index contributed by atoms with van der Waals surface area (Å²) in [5.74, 6) is -0.858. The highest BCUT2D eigenvalue weighted by molar-refractivity contribution is 5.84. The van der Waals surface area contributed by atoms with Crippen LogP contribution in [0.1, 0.15) is 26.7 Å². The molecule has 0 radical (unpaired) electrons. The van der Waals surface area contributed by atoms with Gasteiger partial charge in [0.2, 0.25) is 0 Å². The molecule has 1 aliphatic rings. The highest BCUT2D eigenvalue weighted by Gasteiger charge is 2.39. The van der Waals surface area contributed by atoms with Gasteiger partial charge in [-0.1, -0.05) is 25.0 Å². The molecule has 0 heterocycles. The molecule has 1 rings (SSSR count). The van der Waals surface area contributed by atoms with E-state index in [1.165, 1.54) is 0 Å². The molecular weight excluding hydrogens is 128 g/mol. The van der Waals surface area contributed by atoms with Gasteiger partial charge in [0.1, 0.15) is 0 Å². The van der Waals surface area contributed by atoms with Gasteiger partial charge in [0.15, 0.2) is 0 Å². The minimum absolute atomic E-state index is 0.185. The third kappa shape index (κ3) is 0.939. The second-order valence-electron chi connectivity index (χ2n) is 2.53. The van der Waals surface area contributed by atoms with Crippen molar-refractivity contribution < 1.29 is 9.90 Å². The van der Waals surface area contributed by atoms with Gasteiger partial charge < -0.3 is 5.11 Å². The van der Waals surface area contributed by atoms with Crippen molar-refractivity contribution >= 4 is 5.97 Å². The van der Waals surface area contributed by atoms with E-state index < -0.39 is 5.97 Å². The Balaban J connectivity index is 2.55. The van der Waals surface area contributed by atoms with E-state index in [2.05, 4.69) is 0 Å². The number of rotatable bonds is 3.